The molecule has 5 rings (SSSR count). The van der Waals surface area contributed by atoms with Gasteiger partial charge in [-0.15, -0.1) is 0 Å². The summed E-state index contributed by atoms with van der Waals surface area (Å²) in [6.07, 6.45) is 7.27. The fraction of sp³-hybridized carbons (Fsp3) is 0.393. The molecule has 3 aromatic rings. The highest BCUT2D eigenvalue weighted by molar-refractivity contribution is 5.94. The highest BCUT2D eigenvalue weighted by atomic mass is 19.1. The molecule has 1 unspecified atom stereocenters. The van der Waals surface area contributed by atoms with Gasteiger partial charge in [-0.25, -0.2) is 14.4 Å². The number of aromatic amines is 1. The number of H-pyrrole nitrogens is 1. The summed E-state index contributed by atoms with van der Waals surface area (Å²) in [5.74, 6) is 1.83. The van der Waals surface area contributed by atoms with Crippen LogP contribution in [0.2, 0.25) is 0 Å². The molecule has 0 radical (unpaired) electrons. The van der Waals surface area contributed by atoms with E-state index in [0.717, 1.165) is 68.3 Å². The number of aromatic nitrogens is 3. The van der Waals surface area contributed by atoms with E-state index in [9.17, 15) is 4.39 Å². The van der Waals surface area contributed by atoms with Gasteiger partial charge in [-0.1, -0.05) is 18.2 Å². The van der Waals surface area contributed by atoms with Gasteiger partial charge in [0.15, 0.2) is 0 Å². The lowest BCUT2D eigenvalue weighted by molar-refractivity contribution is 0.209. The standard InChI is InChI=1S/C28H34FN7/c1-20(2)34-14-16-35(17-15-34)28-10-4-8-23(33-28)24-19-31-27(32-24)12-11-26(30)36-13-5-9-25(36)21-6-3-7-22(29)18-21/h3-4,6-8,10-12,18-20,25,30H,5,9,13-17H2,1-2H3,(H,31,32)/b12-11-,30-26?. The maximum absolute atomic E-state index is 13.7. The van der Waals surface area contributed by atoms with E-state index in [4.69, 9.17) is 10.4 Å². The minimum absolute atomic E-state index is 0.0272. The van der Waals surface area contributed by atoms with Crippen molar-refractivity contribution < 1.29 is 4.39 Å². The highest BCUT2D eigenvalue weighted by Crippen LogP contribution is 2.32. The van der Waals surface area contributed by atoms with Gasteiger partial charge < -0.3 is 14.8 Å². The lowest BCUT2D eigenvalue weighted by Crippen LogP contribution is -2.49. The molecule has 1 atom stereocenters. The van der Waals surface area contributed by atoms with Gasteiger partial charge in [0.05, 0.1) is 23.6 Å². The van der Waals surface area contributed by atoms with Crippen LogP contribution in [0.15, 0.2) is 54.7 Å². The first-order valence-corrected chi connectivity index (χ1v) is 12.8. The third-order valence-corrected chi connectivity index (χ3v) is 7.17. The van der Waals surface area contributed by atoms with Gasteiger partial charge in [0.25, 0.3) is 0 Å². The van der Waals surface area contributed by atoms with Crippen molar-refractivity contribution in [2.24, 2.45) is 0 Å². The monoisotopic (exact) mass is 487 g/mol. The second-order valence-corrected chi connectivity index (χ2v) is 9.80. The van der Waals surface area contributed by atoms with Crippen molar-refractivity contribution in [2.45, 2.75) is 38.8 Å². The van der Waals surface area contributed by atoms with E-state index >= 15 is 0 Å². The van der Waals surface area contributed by atoms with E-state index < -0.39 is 0 Å². The molecule has 2 fully saturated rings. The molecule has 1 aromatic carbocycles. The van der Waals surface area contributed by atoms with Crippen LogP contribution in [-0.4, -0.2) is 69.4 Å². The van der Waals surface area contributed by atoms with Crippen molar-refractivity contribution >= 4 is 17.7 Å². The minimum Gasteiger partial charge on any atom is -0.354 e. The molecule has 7 nitrogen and oxygen atoms in total. The molecular weight excluding hydrogens is 453 g/mol. The number of halogens is 1. The Morgan fingerprint density at radius 1 is 1.11 bits per heavy atom. The van der Waals surface area contributed by atoms with Crippen molar-refractivity contribution in [1.82, 2.24) is 24.8 Å². The predicted octanol–water partition coefficient (Wildman–Crippen LogP) is 4.97. The van der Waals surface area contributed by atoms with Gasteiger partial charge in [0, 0.05) is 38.8 Å². The van der Waals surface area contributed by atoms with Crippen LogP contribution >= 0.6 is 0 Å². The fourth-order valence-electron chi connectivity index (χ4n) is 5.14. The quantitative estimate of drug-likeness (QED) is 0.379. The molecule has 0 saturated carbocycles. The largest absolute Gasteiger partial charge is 0.354 e. The Hall–Kier alpha value is -3.52. The van der Waals surface area contributed by atoms with E-state index in [0.29, 0.717) is 17.7 Å². The maximum atomic E-state index is 13.7. The average Bonchev–Trinajstić information content (AvgIpc) is 3.58. The number of benzene rings is 1. The zero-order chi connectivity index (χ0) is 25.1. The second-order valence-electron chi connectivity index (χ2n) is 9.80. The molecule has 4 heterocycles. The summed E-state index contributed by atoms with van der Waals surface area (Å²) >= 11 is 0. The first-order chi connectivity index (χ1) is 17.5. The van der Waals surface area contributed by atoms with Crippen LogP contribution in [0, 0.1) is 11.2 Å². The Kier molecular flexibility index (Phi) is 7.13. The topological polar surface area (TPSA) is 75.1 Å². The molecule has 0 bridgehead atoms. The molecule has 2 aromatic heterocycles. The summed E-state index contributed by atoms with van der Waals surface area (Å²) in [7, 11) is 0. The number of piperazine rings is 1. The zero-order valence-corrected chi connectivity index (χ0v) is 21.0. The van der Waals surface area contributed by atoms with Crippen molar-refractivity contribution in [3.05, 3.63) is 71.9 Å². The number of hydrogen-bond acceptors (Lipinski definition) is 5. The Morgan fingerprint density at radius 3 is 2.69 bits per heavy atom. The van der Waals surface area contributed by atoms with Crippen LogP contribution in [0.5, 0.6) is 0 Å². The molecule has 188 valence electrons. The number of likely N-dealkylation sites (tertiary alicyclic amines) is 1. The average molecular weight is 488 g/mol. The third-order valence-electron chi connectivity index (χ3n) is 7.17. The Bertz CT molecular complexity index is 1230. The van der Waals surface area contributed by atoms with Gasteiger partial charge in [-0.2, -0.15) is 0 Å². The van der Waals surface area contributed by atoms with Gasteiger partial charge in [-0.3, -0.25) is 10.3 Å². The van der Waals surface area contributed by atoms with E-state index in [1.165, 1.54) is 6.07 Å². The first-order valence-electron chi connectivity index (χ1n) is 12.8. The molecule has 2 saturated heterocycles. The number of anilines is 1. The number of pyridine rings is 1. The molecule has 2 aliphatic rings. The van der Waals surface area contributed by atoms with Gasteiger partial charge >= 0.3 is 0 Å². The molecule has 2 aliphatic heterocycles. The Balaban J connectivity index is 1.24. The summed E-state index contributed by atoms with van der Waals surface area (Å²) < 4.78 is 13.7. The lowest BCUT2D eigenvalue weighted by atomic mass is 10.0. The molecule has 0 aliphatic carbocycles. The summed E-state index contributed by atoms with van der Waals surface area (Å²) in [5, 5.41) is 8.60. The van der Waals surface area contributed by atoms with Gasteiger partial charge in [0.2, 0.25) is 0 Å². The van der Waals surface area contributed by atoms with Crippen LogP contribution < -0.4 is 4.90 Å². The highest BCUT2D eigenvalue weighted by Gasteiger charge is 2.27. The lowest BCUT2D eigenvalue weighted by Gasteiger charge is -2.37. The van der Waals surface area contributed by atoms with Crippen molar-refractivity contribution in [1.29, 1.82) is 5.41 Å². The smallest absolute Gasteiger partial charge is 0.130 e. The fourth-order valence-corrected chi connectivity index (χ4v) is 5.14. The molecular formula is C28H34FN7. The van der Waals surface area contributed by atoms with E-state index in [2.05, 4.69) is 39.7 Å². The first kappa shape index (κ1) is 24.2. The van der Waals surface area contributed by atoms with Gasteiger partial charge in [0.1, 0.15) is 23.3 Å². The number of nitrogens with one attached hydrogen (secondary N) is 2. The number of hydrogen-bond donors (Lipinski definition) is 2. The number of amidine groups is 1. The summed E-state index contributed by atoms with van der Waals surface area (Å²) in [4.78, 5) is 19.6. The van der Waals surface area contributed by atoms with Crippen molar-refractivity contribution in [3.8, 4) is 11.4 Å². The predicted molar refractivity (Wildman–Crippen MR) is 143 cm³/mol. The third kappa shape index (κ3) is 5.33. The van der Waals surface area contributed by atoms with Crippen LogP contribution in [0.3, 0.4) is 0 Å². The summed E-state index contributed by atoms with van der Waals surface area (Å²) in [5.41, 5.74) is 2.62. The van der Waals surface area contributed by atoms with Crippen LogP contribution in [0.25, 0.3) is 17.5 Å². The number of imidazole rings is 1. The summed E-state index contributed by atoms with van der Waals surface area (Å²) in [6, 6.07) is 13.4. The molecule has 2 N–H and O–H groups in total. The van der Waals surface area contributed by atoms with Gasteiger partial charge in [-0.05, 0) is 68.7 Å². The molecule has 0 amide bonds. The minimum atomic E-state index is -0.236. The second kappa shape index (κ2) is 10.6. The normalized spacial score (nSPS) is 19.1. The number of nitrogens with zero attached hydrogens (tertiary/aromatic N) is 5. The van der Waals surface area contributed by atoms with Crippen LogP contribution in [0.1, 0.15) is 44.1 Å². The van der Waals surface area contributed by atoms with E-state index in [1.54, 1.807) is 24.4 Å². The van der Waals surface area contributed by atoms with Crippen LogP contribution in [0.4, 0.5) is 10.2 Å². The number of rotatable bonds is 6. The van der Waals surface area contributed by atoms with Crippen LogP contribution in [-0.2, 0) is 0 Å². The van der Waals surface area contributed by atoms with E-state index in [-0.39, 0.29) is 11.9 Å². The molecule has 0 spiro atoms. The SMILES string of the molecule is CC(C)N1CCN(c2cccc(-c3cnc(/C=C\C(=N)N4CCCC4c4cccc(F)c4)[nH]3)n2)CC1. The van der Waals surface area contributed by atoms with Crippen molar-refractivity contribution in [3.63, 3.8) is 0 Å². The van der Waals surface area contributed by atoms with Crippen molar-refractivity contribution in [2.75, 3.05) is 37.6 Å². The van der Waals surface area contributed by atoms with E-state index in [1.807, 2.05) is 29.2 Å². The Labute approximate surface area is 212 Å². The Morgan fingerprint density at radius 2 is 1.92 bits per heavy atom. The molecule has 8 heteroatoms. The maximum Gasteiger partial charge on any atom is 0.130 e. The molecule has 36 heavy (non-hydrogen) atoms. The zero-order valence-electron chi connectivity index (χ0n) is 21.0. The summed E-state index contributed by atoms with van der Waals surface area (Å²) in [6.45, 7) is 9.32.